The minimum atomic E-state index is -0.308. The Morgan fingerprint density at radius 1 is 1.78 bits per heavy atom. The third-order valence-electron chi connectivity index (χ3n) is 1.03. The normalized spacial score (nSPS) is 9.33. The van der Waals surface area contributed by atoms with Crippen LogP contribution in [-0.2, 0) is 11.2 Å². The van der Waals surface area contributed by atoms with E-state index in [9.17, 15) is 4.79 Å². The lowest BCUT2D eigenvalue weighted by Gasteiger charge is -1.88. The molecule has 0 fully saturated rings. The minimum absolute atomic E-state index is 0.299. The Morgan fingerprint density at radius 3 is 3.00 bits per heavy atom. The average Bonchev–Trinajstić information content (AvgIpc) is 2.15. The highest BCUT2D eigenvalue weighted by Gasteiger charge is 1.95. The van der Waals surface area contributed by atoms with Crippen LogP contribution in [0.2, 0.25) is 0 Å². The maximum absolute atomic E-state index is 10.3. The molecule has 0 unspecified atom stereocenters. The monoisotopic (exact) mass is 124 g/mol. The number of aromatic amines is 1. The van der Waals surface area contributed by atoms with Gasteiger partial charge in [-0.2, -0.15) is 0 Å². The molecule has 9 heavy (non-hydrogen) atoms. The summed E-state index contributed by atoms with van der Waals surface area (Å²) < 4.78 is 0. The first-order chi connectivity index (χ1) is 4.29. The van der Waals surface area contributed by atoms with E-state index in [1.165, 1.54) is 0 Å². The zero-order chi connectivity index (χ0) is 6.69. The van der Waals surface area contributed by atoms with E-state index in [0.29, 0.717) is 6.42 Å². The number of amides is 1. The van der Waals surface area contributed by atoms with Gasteiger partial charge in [-0.15, -0.1) is 0 Å². The fraction of sp³-hybridized carbons (Fsp3) is 0.167. The molecule has 0 saturated carbocycles. The van der Waals surface area contributed by atoms with Crippen LogP contribution < -0.4 is 5.73 Å². The Morgan fingerprint density at radius 2 is 2.56 bits per heavy atom. The number of rotatable bonds is 2. The summed E-state index contributed by atoms with van der Waals surface area (Å²) in [7, 11) is 0. The summed E-state index contributed by atoms with van der Waals surface area (Å²) in [5, 5.41) is 0. The minimum Gasteiger partial charge on any atom is -0.369 e. The van der Waals surface area contributed by atoms with E-state index in [1.807, 2.05) is 12.1 Å². The maximum atomic E-state index is 10.3. The lowest BCUT2D eigenvalue weighted by Crippen LogP contribution is -2.13. The topological polar surface area (TPSA) is 58.9 Å². The predicted octanol–water partition coefficient (Wildman–Crippen LogP) is 0.0425. The molecule has 1 amide bonds. The number of hydrogen-bond donors (Lipinski definition) is 2. The number of primary amides is 1. The third kappa shape index (κ3) is 1.60. The molecule has 0 atom stereocenters. The molecule has 3 heteroatoms. The zero-order valence-electron chi connectivity index (χ0n) is 4.92. The van der Waals surface area contributed by atoms with E-state index < -0.39 is 0 Å². The summed E-state index contributed by atoms with van der Waals surface area (Å²) in [5.74, 6) is -0.308. The summed E-state index contributed by atoms with van der Waals surface area (Å²) in [6.07, 6.45) is 2.06. The highest BCUT2D eigenvalue weighted by atomic mass is 16.1. The second-order valence-corrected chi connectivity index (χ2v) is 1.84. The molecule has 0 aromatic carbocycles. The van der Waals surface area contributed by atoms with Gasteiger partial charge >= 0.3 is 0 Å². The van der Waals surface area contributed by atoms with Crippen LogP contribution in [0.5, 0.6) is 0 Å². The van der Waals surface area contributed by atoms with Gasteiger partial charge in [-0.3, -0.25) is 4.79 Å². The van der Waals surface area contributed by atoms with E-state index in [4.69, 9.17) is 5.73 Å². The van der Waals surface area contributed by atoms with Crippen molar-refractivity contribution in [3.05, 3.63) is 24.0 Å². The highest BCUT2D eigenvalue weighted by Crippen LogP contribution is 1.93. The van der Waals surface area contributed by atoms with Crippen LogP contribution in [0.3, 0.4) is 0 Å². The largest absolute Gasteiger partial charge is 0.369 e. The first-order valence-electron chi connectivity index (χ1n) is 2.69. The molecule has 0 spiro atoms. The van der Waals surface area contributed by atoms with Gasteiger partial charge in [0.15, 0.2) is 0 Å². The molecule has 0 saturated heterocycles. The van der Waals surface area contributed by atoms with Crippen LogP contribution in [0.4, 0.5) is 0 Å². The molecule has 0 aliphatic carbocycles. The standard InChI is InChI=1S/C6H8N2O/c7-6(9)4-5-2-1-3-8-5/h1-3,8H,4H2,(H2,7,9). The van der Waals surface area contributed by atoms with Crippen LogP contribution in [0, 0.1) is 0 Å². The summed E-state index contributed by atoms with van der Waals surface area (Å²) in [6.45, 7) is 0. The highest BCUT2D eigenvalue weighted by molar-refractivity contribution is 5.76. The Labute approximate surface area is 52.9 Å². The molecule has 0 aliphatic heterocycles. The number of nitrogens with one attached hydrogen (secondary N) is 1. The molecule has 1 aromatic rings. The molecule has 1 aromatic heterocycles. The van der Waals surface area contributed by atoms with Crippen molar-refractivity contribution in [3.8, 4) is 0 Å². The molecule has 0 radical (unpaired) electrons. The van der Waals surface area contributed by atoms with E-state index >= 15 is 0 Å². The molecule has 1 rings (SSSR count). The first-order valence-corrected chi connectivity index (χ1v) is 2.69. The predicted molar refractivity (Wildman–Crippen MR) is 33.7 cm³/mol. The van der Waals surface area contributed by atoms with Gasteiger partial charge in [0.05, 0.1) is 6.42 Å². The van der Waals surface area contributed by atoms with Gasteiger partial charge in [0.2, 0.25) is 5.91 Å². The van der Waals surface area contributed by atoms with Gasteiger partial charge in [0, 0.05) is 11.9 Å². The van der Waals surface area contributed by atoms with E-state index in [2.05, 4.69) is 4.98 Å². The second kappa shape index (κ2) is 2.35. The summed E-state index contributed by atoms with van der Waals surface area (Å²) in [4.78, 5) is 13.1. The fourth-order valence-corrected chi connectivity index (χ4v) is 0.665. The average molecular weight is 124 g/mol. The van der Waals surface area contributed by atoms with Crippen molar-refractivity contribution in [2.24, 2.45) is 5.73 Å². The van der Waals surface area contributed by atoms with Crippen LogP contribution in [-0.4, -0.2) is 10.9 Å². The lowest BCUT2D eigenvalue weighted by atomic mass is 10.3. The van der Waals surface area contributed by atoms with E-state index in [1.54, 1.807) is 6.20 Å². The van der Waals surface area contributed by atoms with Crippen molar-refractivity contribution in [1.82, 2.24) is 4.98 Å². The fourth-order valence-electron chi connectivity index (χ4n) is 0.665. The van der Waals surface area contributed by atoms with Gasteiger partial charge in [-0.1, -0.05) is 0 Å². The number of aromatic nitrogens is 1. The van der Waals surface area contributed by atoms with Crippen molar-refractivity contribution in [2.75, 3.05) is 0 Å². The number of H-pyrrole nitrogens is 1. The van der Waals surface area contributed by atoms with Crippen LogP contribution in [0.1, 0.15) is 5.69 Å². The van der Waals surface area contributed by atoms with Gasteiger partial charge in [-0.25, -0.2) is 0 Å². The number of carbonyl (C=O) groups is 1. The number of hydrogen-bond acceptors (Lipinski definition) is 1. The molecule has 3 N–H and O–H groups in total. The van der Waals surface area contributed by atoms with Gasteiger partial charge in [0.25, 0.3) is 0 Å². The van der Waals surface area contributed by atoms with E-state index in [0.717, 1.165) is 5.69 Å². The van der Waals surface area contributed by atoms with Gasteiger partial charge in [-0.05, 0) is 12.1 Å². The van der Waals surface area contributed by atoms with Crippen molar-refractivity contribution < 1.29 is 4.79 Å². The van der Waals surface area contributed by atoms with Gasteiger partial charge in [0.1, 0.15) is 0 Å². The lowest BCUT2D eigenvalue weighted by molar-refractivity contribution is -0.117. The molecular weight excluding hydrogens is 116 g/mol. The summed E-state index contributed by atoms with van der Waals surface area (Å²) >= 11 is 0. The van der Waals surface area contributed by atoms with Gasteiger partial charge < -0.3 is 10.7 Å². The number of carbonyl (C=O) groups excluding carboxylic acids is 1. The molecule has 48 valence electrons. The third-order valence-corrected chi connectivity index (χ3v) is 1.03. The first kappa shape index (κ1) is 5.88. The molecule has 0 bridgehead atoms. The Bertz CT molecular complexity index is 191. The van der Waals surface area contributed by atoms with Crippen molar-refractivity contribution in [3.63, 3.8) is 0 Å². The molecule has 3 nitrogen and oxygen atoms in total. The Balaban J connectivity index is 2.58. The molecule has 0 aliphatic rings. The van der Waals surface area contributed by atoms with Crippen molar-refractivity contribution >= 4 is 5.91 Å². The van der Waals surface area contributed by atoms with Crippen LogP contribution >= 0.6 is 0 Å². The van der Waals surface area contributed by atoms with Crippen LogP contribution in [0.15, 0.2) is 18.3 Å². The Hall–Kier alpha value is -1.25. The quantitative estimate of drug-likeness (QED) is 0.574. The number of nitrogens with two attached hydrogens (primary N) is 1. The zero-order valence-corrected chi connectivity index (χ0v) is 4.92. The Kier molecular flexibility index (Phi) is 1.53. The molecular formula is C6H8N2O. The summed E-state index contributed by atoms with van der Waals surface area (Å²) in [5.41, 5.74) is 5.79. The smallest absolute Gasteiger partial charge is 0.223 e. The van der Waals surface area contributed by atoms with Crippen molar-refractivity contribution in [1.29, 1.82) is 0 Å². The molecule has 1 heterocycles. The van der Waals surface area contributed by atoms with Crippen LogP contribution in [0.25, 0.3) is 0 Å². The second-order valence-electron chi connectivity index (χ2n) is 1.84. The summed E-state index contributed by atoms with van der Waals surface area (Å²) in [6, 6.07) is 3.66. The maximum Gasteiger partial charge on any atom is 0.223 e. The SMILES string of the molecule is NC(=O)Cc1ccc[nH]1. The van der Waals surface area contributed by atoms with E-state index in [-0.39, 0.29) is 5.91 Å². The van der Waals surface area contributed by atoms with Crippen molar-refractivity contribution in [2.45, 2.75) is 6.42 Å².